The molecule has 3 saturated heterocycles. The van der Waals surface area contributed by atoms with E-state index in [9.17, 15) is 15.0 Å². The van der Waals surface area contributed by atoms with Gasteiger partial charge in [-0.05, 0) is 0 Å². The van der Waals surface area contributed by atoms with Crippen molar-refractivity contribution in [3.8, 4) is 0 Å². The van der Waals surface area contributed by atoms with Crippen LogP contribution in [0.1, 0.15) is 6.42 Å². The normalized spacial score (nSPS) is 41.3. The molecule has 3 unspecified atom stereocenters. The molecule has 0 aromatic carbocycles. The van der Waals surface area contributed by atoms with Gasteiger partial charge in [0.15, 0.2) is 6.29 Å². The third-order valence-corrected chi connectivity index (χ3v) is 4.26. The van der Waals surface area contributed by atoms with E-state index in [0.29, 0.717) is 13.1 Å². The fourth-order valence-corrected chi connectivity index (χ4v) is 3.11. The predicted molar refractivity (Wildman–Crippen MR) is 81.0 cm³/mol. The summed E-state index contributed by atoms with van der Waals surface area (Å²) in [6.07, 6.45) is -0.436. The maximum atomic E-state index is 12.2. The van der Waals surface area contributed by atoms with Gasteiger partial charge in [0.1, 0.15) is 18.4 Å². The van der Waals surface area contributed by atoms with Crippen molar-refractivity contribution in [1.82, 2.24) is 25.8 Å². The van der Waals surface area contributed by atoms with Crippen molar-refractivity contribution in [3.05, 3.63) is 0 Å². The minimum atomic E-state index is -0.705. The average molecular weight is 328 g/mol. The molecule has 3 aliphatic heterocycles. The molecule has 10 heteroatoms. The van der Waals surface area contributed by atoms with E-state index in [2.05, 4.69) is 20.9 Å². The Labute approximate surface area is 134 Å². The van der Waals surface area contributed by atoms with Gasteiger partial charge in [-0.1, -0.05) is 0 Å². The summed E-state index contributed by atoms with van der Waals surface area (Å²) >= 11 is 0. The van der Waals surface area contributed by atoms with Gasteiger partial charge in [0, 0.05) is 20.5 Å². The summed E-state index contributed by atoms with van der Waals surface area (Å²) in [6, 6.07) is -0.408. The van der Waals surface area contributed by atoms with Crippen LogP contribution in [0.3, 0.4) is 0 Å². The minimum Gasteiger partial charge on any atom is -0.394 e. The number of rotatable bonds is 4. The highest BCUT2D eigenvalue weighted by Crippen LogP contribution is 2.27. The van der Waals surface area contributed by atoms with Crippen LogP contribution in [0, 0.1) is 0 Å². The average Bonchev–Trinajstić information content (AvgIpc) is 3.08. The lowest BCUT2D eigenvalue weighted by Crippen LogP contribution is -2.67. The summed E-state index contributed by atoms with van der Waals surface area (Å²) < 4.78 is 5.69. The van der Waals surface area contributed by atoms with Gasteiger partial charge in [-0.25, -0.2) is 9.89 Å². The van der Waals surface area contributed by atoms with E-state index in [0.717, 1.165) is 0 Å². The van der Waals surface area contributed by atoms with Crippen molar-refractivity contribution >= 4 is 12.2 Å². The molecule has 3 rings (SSSR count). The van der Waals surface area contributed by atoms with Crippen molar-refractivity contribution in [2.75, 3.05) is 27.4 Å². The molecule has 5 N–H and O–H groups in total. The van der Waals surface area contributed by atoms with Gasteiger partial charge in [-0.3, -0.25) is 15.4 Å². The van der Waals surface area contributed by atoms with Gasteiger partial charge < -0.3 is 25.2 Å². The number of ether oxygens (including phenoxy) is 1. The first-order valence-corrected chi connectivity index (χ1v) is 7.69. The number of carbonyl (C=O) groups is 1. The van der Waals surface area contributed by atoms with Gasteiger partial charge in [0.05, 0.1) is 31.9 Å². The Hall–Kier alpha value is -1.30. The van der Waals surface area contributed by atoms with E-state index in [1.807, 2.05) is 19.0 Å². The van der Waals surface area contributed by atoms with Crippen LogP contribution >= 0.6 is 0 Å². The van der Waals surface area contributed by atoms with Crippen molar-refractivity contribution in [3.63, 3.8) is 0 Å². The van der Waals surface area contributed by atoms with E-state index in [-0.39, 0.29) is 24.9 Å². The number of carbonyl (C=O) groups excluding carboxylic acids is 1. The Kier molecular flexibility index (Phi) is 4.80. The van der Waals surface area contributed by atoms with Crippen molar-refractivity contribution in [1.29, 1.82) is 0 Å². The summed E-state index contributed by atoms with van der Waals surface area (Å²) in [5.41, 5.74) is 0. The molecule has 1 amide bonds. The van der Waals surface area contributed by atoms with Gasteiger partial charge in [0.25, 0.3) is 0 Å². The van der Waals surface area contributed by atoms with Crippen LogP contribution in [-0.4, -0.2) is 96.6 Å². The molecule has 3 fully saturated rings. The molecule has 6 atom stereocenters. The van der Waals surface area contributed by atoms with Crippen LogP contribution in [0.5, 0.6) is 0 Å². The van der Waals surface area contributed by atoms with Crippen LogP contribution in [0.2, 0.25) is 0 Å². The first kappa shape index (κ1) is 16.6. The molecule has 10 nitrogen and oxygen atoms in total. The lowest BCUT2D eigenvalue weighted by Gasteiger charge is -2.37. The second kappa shape index (κ2) is 6.67. The Morgan fingerprint density at radius 2 is 2.30 bits per heavy atom. The maximum absolute atomic E-state index is 12.2. The maximum Gasteiger partial charge on any atom is 0.242 e. The van der Waals surface area contributed by atoms with Crippen molar-refractivity contribution in [2.45, 2.75) is 43.4 Å². The molecule has 0 spiro atoms. The van der Waals surface area contributed by atoms with E-state index >= 15 is 0 Å². The van der Waals surface area contributed by atoms with Crippen LogP contribution in [0.15, 0.2) is 4.99 Å². The molecular formula is C13H24N6O4. The standard InChI is InChI=1S/C13H24N6O4/c1-18(2)5-15-13-16-11-10(12(22)17-13)14-6-19(11)9-3-7(21)8(4-20)23-9/h5,7-11,13-14,16,20-21H,3-4,6H2,1-2H3,(H,17,22)/b15-5+/t7-,8+,9+,10?,11?,13?/m0/s1. The highest BCUT2D eigenvalue weighted by Gasteiger charge is 2.49. The van der Waals surface area contributed by atoms with Crippen molar-refractivity contribution < 1.29 is 19.7 Å². The molecule has 0 aromatic rings. The third kappa shape index (κ3) is 3.32. The largest absolute Gasteiger partial charge is 0.394 e. The Bertz CT molecular complexity index is 475. The lowest BCUT2D eigenvalue weighted by atomic mass is 10.1. The fraction of sp³-hybridized carbons (Fsp3) is 0.846. The number of aliphatic hydroxyl groups excluding tert-OH is 2. The summed E-state index contributed by atoms with van der Waals surface area (Å²) in [5.74, 6) is -0.130. The van der Waals surface area contributed by atoms with Crippen LogP contribution in [0.25, 0.3) is 0 Å². The lowest BCUT2D eigenvalue weighted by molar-refractivity contribution is -0.130. The molecule has 0 saturated carbocycles. The molecule has 23 heavy (non-hydrogen) atoms. The molecular weight excluding hydrogens is 304 g/mol. The van der Waals surface area contributed by atoms with Gasteiger partial charge in [-0.15, -0.1) is 0 Å². The second-order valence-corrected chi connectivity index (χ2v) is 6.22. The molecule has 0 radical (unpaired) electrons. The van der Waals surface area contributed by atoms with Crippen LogP contribution < -0.4 is 16.0 Å². The number of hydrogen-bond acceptors (Lipinski definition) is 8. The first-order chi connectivity index (χ1) is 11.0. The van der Waals surface area contributed by atoms with E-state index < -0.39 is 24.5 Å². The van der Waals surface area contributed by atoms with Gasteiger partial charge in [0.2, 0.25) is 5.91 Å². The number of fused-ring (bicyclic) bond motifs is 1. The molecule has 0 aliphatic carbocycles. The number of nitrogens with zero attached hydrogens (tertiary/aromatic N) is 3. The highest BCUT2D eigenvalue weighted by atomic mass is 16.5. The number of nitrogens with one attached hydrogen (secondary N) is 3. The zero-order valence-electron chi connectivity index (χ0n) is 13.2. The number of hydrogen-bond donors (Lipinski definition) is 5. The Morgan fingerprint density at radius 1 is 1.52 bits per heavy atom. The fourth-order valence-electron chi connectivity index (χ4n) is 3.11. The Balaban J connectivity index is 1.69. The zero-order chi connectivity index (χ0) is 16.6. The van der Waals surface area contributed by atoms with Crippen molar-refractivity contribution in [2.24, 2.45) is 4.99 Å². The summed E-state index contributed by atoms with van der Waals surface area (Å²) in [4.78, 5) is 20.2. The van der Waals surface area contributed by atoms with E-state index in [1.54, 1.807) is 11.2 Å². The molecule has 3 aliphatic rings. The predicted octanol–water partition coefficient (Wildman–Crippen LogP) is -3.40. The number of aliphatic hydroxyl groups is 2. The summed E-state index contributed by atoms with van der Waals surface area (Å²) in [5, 5.41) is 28.3. The smallest absolute Gasteiger partial charge is 0.242 e. The molecule has 130 valence electrons. The molecule has 0 aromatic heterocycles. The monoisotopic (exact) mass is 328 g/mol. The topological polar surface area (TPSA) is 122 Å². The highest BCUT2D eigenvalue weighted by molar-refractivity contribution is 5.84. The first-order valence-electron chi connectivity index (χ1n) is 7.69. The van der Waals surface area contributed by atoms with Gasteiger partial charge >= 0.3 is 0 Å². The van der Waals surface area contributed by atoms with Gasteiger partial charge in [-0.2, -0.15) is 0 Å². The van der Waals surface area contributed by atoms with Crippen LogP contribution in [-0.2, 0) is 9.53 Å². The summed E-state index contributed by atoms with van der Waals surface area (Å²) in [6.45, 7) is 0.228. The zero-order valence-corrected chi connectivity index (χ0v) is 13.2. The van der Waals surface area contributed by atoms with Crippen LogP contribution in [0.4, 0.5) is 0 Å². The third-order valence-electron chi connectivity index (χ3n) is 4.26. The second-order valence-electron chi connectivity index (χ2n) is 6.22. The minimum absolute atomic E-state index is 0.130. The number of aliphatic imine (C=N–C) groups is 1. The molecule has 0 bridgehead atoms. The van der Waals surface area contributed by atoms with E-state index in [4.69, 9.17) is 4.74 Å². The SMILES string of the molecule is CN(C)/C=N/C1NC(=O)C2NCN([C@H]3C[C@H](O)[C@@H](CO)O3)C2N1. The summed E-state index contributed by atoms with van der Waals surface area (Å²) in [7, 11) is 3.70. The Morgan fingerprint density at radius 3 is 2.96 bits per heavy atom. The van der Waals surface area contributed by atoms with E-state index in [1.165, 1.54) is 0 Å². The molecule has 3 heterocycles. The number of amides is 1. The quantitative estimate of drug-likeness (QED) is 0.267.